The van der Waals surface area contributed by atoms with Crippen molar-refractivity contribution in [3.05, 3.63) is 29.7 Å². The Hall–Kier alpha value is -2.94. The average molecular weight is 313 g/mol. The molecule has 1 unspecified atom stereocenters. The molecule has 0 bridgehead atoms. The third-order valence-corrected chi connectivity index (χ3v) is 2.63. The van der Waals surface area contributed by atoms with Crippen LogP contribution in [0.3, 0.4) is 0 Å². The maximum absolute atomic E-state index is 11.0. The molecule has 0 saturated carbocycles. The summed E-state index contributed by atoms with van der Waals surface area (Å²) in [5.74, 6) is -3.66. The lowest BCUT2D eigenvalue weighted by Gasteiger charge is -2.16. The minimum Gasteiger partial charge on any atom is -0.500 e. The highest BCUT2D eigenvalue weighted by Crippen LogP contribution is 2.37. The Morgan fingerprint density at radius 2 is 1.68 bits per heavy atom. The fraction of sp³-hybridized carbons (Fsp3) is 0.231. The molecule has 0 fully saturated rings. The SMILES string of the molecule is COc1cc(C(N)C(=O)O)c(OC)cc1O/C=C(\O)C(=O)O. The molecule has 1 rings (SSSR count). The maximum Gasteiger partial charge on any atom is 0.374 e. The van der Waals surface area contributed by atoms with Crippen LogP contribution in [-0.4, -0.2) is 41.5 Å². The third-order valence-electron chi connectivity index (χ3n) is 2.63. The van der Waals surface area contributed by atoms with Gasteiger partial charge in [-0.05, 0) is 6.07 Å². The molecule has 0 aliphatic carbocycles. The number of nitrogens with two attached hydrogens (primary N) is 1. The van der Waals surface area contributed by atoms with Gasteiger partial charge in [-0.25, -0.2) is 4.79 Å². The van der Waals surface area contributed by atoms with Crippen LogP contribution in [0.15, 0.2) is 24.2 Å². The van der Waals surface area contributed by atoms with Gasteiger partial charge in [0.2, 0.25) is 5.76 Å². The number of hydrogen-bond acceptors (Lipinski definition) is 7. The summed E-state index contributed by atoms with van der Waals surface area (Å²) in [5, 5.41) is 26.6. The Morgan fingerprint density at radius 3 is 2.14 bits per heavy atom. The van der Waals surface area contributed by atoms with E-state index in [1.165, 1.54) is 26.4 Å². The monoisotopic (exact) mass is 313 g/mol. The zero-order chi connectivity index (χ0) is 16.9. The summed E-state index contributed by atoms with van der Waals surface area (Å²) in [6, 6.07) is 1.21. The molecule has 1 atom stereocenters. The number of aliphatic hydroxyl groups is 1. The maximum atomic E-state index is 11.0. The zero-order valence-corrected chi connectivity index (χ0v) is 11.8. The summed E-state index contributed by atoms with van der Waals surface area (Å²) in [7, 11) is 2.60. The van der Waals surface area contributed by atoms with Crippen molar-refractivity contribution in [1.29, 1.82) is 0 Å². The number of carboxylic acids is 2. The van der Waals surface area contributed by atoms with Crippen molar-refractivity contribution in [2.75, 3.05) is 14.2 Å². The largest absolute Gasteiger partial charge is 0.500 e. The van der Waals surface area contributed by atoms with Crippen molar-refractivity contribution in [3.63, 3.8) is 0 Å². The van der Waals surface area contributed by atoms with Crippen LogP contribution in [-0.2, 0) is 9.59 Å². The smallest absolute Gasteiger partial charge is 0.374 e. The second-order valence-corrected chi connectivity index (χ2v) is 3.99. The molecule has 9 nitrogen and oxygen atoms in total. The first kappa shape index (κ1) is 17.1. The van der Waals surface area contributed by atoms with E-state index in [9.17, 15) is 9.59 Å². The molecule has 0 aromatic heterocycles. The molecule has 0 aliphatic rings. The number of aliphatic carboxylic acids is 2. The van der Waals surface area contributed by atoms with Gasteiger partial charge in [0.05, 0.1) is 14.2 Å². The molecule has 120 valence electrons. The van der Waals surface area contributed by atoms with Gasteiger partial charge >= 0.3 is 11.9 Å². The molecule has 0 radical (unpaired) electrons. The molecule has 0 aliphatic heterocycles. The molecule has 0 saturated heterocycles. The van der Waals surface area contributed by atoms with Crippen molar-refractivity contribution in [3.8, 4) is 17.2 Å². The van der Waals surface area contributed by atoms with Crippen LogP contribution in [0.1, 0.15) is 11.6 Å². The standard InChI is InChI=1S/C13H15NO8/c1-20-8-4-10(22-5-7(15)12(16)17)9(21-2)3-6(8)11(14)13(18)19/h3-5,11,15H,14H2,1-2H3,(H,16,17)(H,18,19)/b7-5-. The molecule has 5 N–H and O–H groups in total. The van der Waals surface area contributed by atoms with Crippen LogP contribution in [0.4, 0.5) is 0 Å². The summed E-state index contributed by atoms with van der Waals surface area (Å²) in [4.78, 5) is 21.5. The average Bonchev–Trinajstić information content (AvgIpc) is 2.50. The number of ether oxygens (including phenoxy) is 3. The Morgan fingerprint density at radius 1 is 1.09 bits per heavy atom. The normalized spacial score (nSPS) is 12.4. The van der Waals surface area contributed by atoms with Crippen molar-refractivity contribution in [2.45, 2.75) is 6.04 Å². The lowest BCUT2D eigenvalue weighted by Crippen LogP contribution is -2.21. The number of methoxy groups -OCH3 is 2. The van der Waals surface area contributed by atoms with Crippen molar-refractivity contribution < 1.29 is 39.1 Å². The van der Waals surface area contributed by atoms with Crippen LogP contribution in [0.2, 0.25) is 0 Å². The van der Waals surface area contributed by atoms with Gasteiger partial charge in [-0.15, -0.1) is 0 Å². The predicted molar refractivity (Wildman–Crippen MR) is 73.1 cm³/mol. The topological polar surface area (TPSA) is 149 Å². The first-order valence-electron chi connectivity index (χ1n) is 5.85. The first-order chi connectivity index (χ1) is 10.3. The minimum atomic E-state index is -1.57. The predicted octanol–water partition coefficient (Wildman–Crippen LogP) is 0.651. The Balaban J connectivity index is 3.28. The lowest BCUT2D eigenvalue weighted by atomic mass is 10.1. The van der Waals surface area contributed by atoms with Crippen molar-refractivity contribution >= 4 is 11.9 Å². The van der Waals surface area contributed by atoms with Gasteiger partial charge in [-0.3, -0.25) is 4.79 Å². The molecule has 0 spiro atoms. The molecule has 0 amide bonds. The number of carboxylic acid groups (broad SMARTS) is 2. The van der Waals surface area contributed by atoms with Gasteiger partial charge in [0.15, 0.2) is 11.5 Å². The van der Waals surface area contributed by atoms with Crippen molar-refractivity contribution in [2.24, 2.45) is 5.73 Å². The summed E-state index contributed by atoms with van der Waals surface area (Å²) < 4.78 is 15.1. The highest BCUT2D eigenvalue weighted by atomic mass is 16.5. The lowest BCUT2D eigenvalue weighted by molar-refractivity contribution is -0.139. The number of benzene rings is 1. The van der Waals surface area contributed by atoms with Gasteiger partial charge in [-0.1, -0.05) is 0 Å². The van der Waals surface area contributed by atoms with E-state index in [-0.39, 0.29) is 22.8 Å². The molecular formula is C13H15NO8. The molecule has 22 heavy (non-hydrogen) atoms. The fourth-order valence-corrected chi connectivity index (χ4v) is 1.53. The first-order valence-corrected chi connectivity index (χ1v) is 5.85. The third kappa shape index (κ3) is 3.79. The Kier molecular flexibility index (Phi) is 5.58. The van der Waals surface area contributed by atoms with Crippen LogP contribution in [0.25, 0.3) is 0 Å². The summed E-state index contributed by atoms with van der Waals surface area (Å²) >= 11 is 0. The van der Waals surface area contributed by atoms with Gasteiger partial charge in [0, 0.05) is 11.6 Å². The number of carbonyl (C=O) groups is 2. The fourth-order valence-electron chi connectivity index (χ4n) is 1.53. The molecular weight excluding hydrogens is 298 g/mol. The van der Waals surface area contributed by atoms with Crippen molar-refractivity contribution in [1.82, 2.24) is 0 Å². The van der Waals surface area contributed by atoms with Crippen LogP contribution in [0, 0.1) is 0 Å². The van der Waals surface area contributed by atoms with E-state index in [1.807, 2.05) is 0 Å². The van der Waals surface area contributed by atoms with E-state index in [0.29, 0.717) is 6.26 Å². The second kappa shape index (κ2) is 7.18. The van der Waals surface area contributed by atoms with Gasteiger partial charge < -0.3 is 35.3 Å². The number of hydrogen-bond donors (Lipinski definition) is 4. The molecule has 1 aromatic rings. The highest BCUT2D eigenvalue weighted by Gasteiger charge is 2.22. The summed E-state index contributed by atoms with van der Waals surface area (Å²) in [6.07, 6.45) is 0.594. The van der Waals surface area contributed by atoms with Gasteiger partial charge in [0.1, 0.15) is 18.1 Å². The van der Waals surface area contributed by atoms with E-state index in [0.717, 1.165) is 0 Å². The Labute approximate surface area is 125 Å². The summed E-state index contributed by atoms with van der Waals surface area (Å²) in [5.41, 5.74) is 5.69. The Bertz CT molecular complexity index is 610. The van der Waals surface area contributed by atoms with E-state index in [4.69, 9.17) is 35.3 Å². The quantitative estimate of drug-likeness (QED) is 0.420. The van der Waals surface area contributed by atoms with E-state index in [2.05, 4.69) is 0 Å². The zero-order valence-electron chi connectivity index (χ0n) is 11.8. The minimum absolute atomic E-state index is 0.00786. The van der Waals surface area contributed by atoms with E-state index in [1.54, 1.807) is 0 Å². The number of aliphatic hydroxyl groups excluding tert-OH is 1. The molecule has 1 aromatic carbocycles. The molecule has 0 heterocycles. The van der Waals surface area contributed by atoms with Gasteiger partial charge in [0.25, 0.3) is 0 Å². The number of rotatable bonds is 7. The van der Waals surface area contributed by atoms with E-state index >= 15 is 0 Å². The highest BCUT2D eigenvalue weighted by molar-refractivity contribution is 5.83. The van der Waals surface area contributed by atoms with E-state index < -0.39 is 23.7 Å². The summed E-state index contributed by atoms with van der Waals surface area (Å²) in [6.45, 7) is 0. The van der Waals surface area contributed by atoms with Gasteiger partial charge in [-0.2, -0.15) is 0 Å². The molecule has 9 heteroatoms. The van der Waals surface area contributed by atoms with Crippen LogP contribution in [0.5, 0.6) is 17.2 Å². The van der Waals surface area contributed by atoms with Crippen LogP contribution >= 0.6 is 0 Å². The van der Waals surface area contributed by atoms with Crippen LogP contribution < -0.4 is 19.9 Å². The second-order valence-electron chi connectivity index (χ2n) is 3.99.